The molecule has 0 spiro atoms. The third kappa shape index (κ3) is 3.64. The van der Waals surface area contributed by atoms with Gasteiger partial charge < -0.3 is 4.74 Å². The molecule has 0 saturated carbocycles. The fraction of sp³-hybridized carbons (Fsp3) is 0.133. The van der Waals surface area contributed by atoms with Crippen LogP contribution in [0.2, 0.25) is 0 Å². The maximum Gasteiger partial charge on any atom is 0.418 e. The standard InChI is InChI=1S/C15H13N3O6/c1-2-24-15(19)16(11-3-7-13(8-4-11)17(20)21)12-5-9-14(10-6-12)18(22)23/h3-10H,2H2,1H3. The van der Waals surface area contributed by atoms with Gasteiger partial charge in [0.05, 0.1) is 27.8 Å². The van der Waals surface area contributed by atoms with E-state index in [0.29, 0.717) is 11.4 Å². The Morgan fingerprint density at radius 3 is 1.58 bits per heavy atom. The van der Waals surface area contributed by atoms with Crippen LogP contribution in [0.3, 0.4) is 0 Å². The minimum atomic E-state index is -0.694. The van der Waals surface area contributed by atoms with Crippen molar-refractivity contribution in [2.24, 2.45) is 0 Å². The fourth-order valence-corrected chi connectivity index (χ4v) is 1.99. The van der Waals surface area contributed by atoms with Crippen molar-refractivity contribution in [3.8, 4) is 0 Å². The van der Waals surface area contributed by atoms with E-state index in [1.807, 2.05) is 0 Å². The molecule has 2 aromatic rings. The molecule has 0 aliphatic heterocycles. The highest BCUT2D eigenvalue weighted by molar-refractivity contribution is 5.96. The van der Waals surface area contributed by atoms with Gasteiger partial charge in [-0.1, -0.05) is 0 Å². The number of nitro groups is 2. The summed E-state index contributed by atoms with van der Waals surface area (Å²) in [6, 6.07) is 10.6. The molecule has 0 bridgehead atoms. The third-order valence-electron chi connectivity index (χ3n) is 3.09. The largest absolute Gasteiger partial charge is 0.449 e. The summed E-state index contributed by atoms with van der Waals surface area (Å²) in [5, 5.41) is 21.5. The molecule has 1 amide bonds. The molecule has 0 saturated heterocycles. The number of ether oxygens (including phenoxy) is 1. The number of anilines is 2. The summed E-state index contributed by atoms with van der Waals surface area (Å²) in [5.74, 6) is 0. The molecule has 2 rings (SSSR count). The Kier molecular flexibility index (Phi) is 5.05. The van der Waals surface area contributed by atoms with Crippen LogP contribution in [0.5, 0.6) is 0 Å². The average molecular weight is 331 g/mol. The quantitative estimate of drug-likeness (QED) is 0.607. The minimum absolute atomic E-state index is 0.119. The minimum Gasteiger partial charge on any atom is -0.449 e. The van der Waals surface area contributed by atoms with E-state index in [-0.39, 0.29) is 18.0 Å². The van der Waals surface area contributed by atoms with Crippen LogP contribution in [0.15, 0.2) is 48.5 Å². The first-order chi connectivity index (χ1) is 11.4. The number of carbonyl (C=O) groups is 1. The Balaban J connectivity index is 2.42. The Labute approximate surface area is 136 Å². The molecule has 9 heteroatoms. The lowest BCUT2D eigenvalue weighted by atomic mass is 10.2. The van der Waals surface area contributed by atoms with E-state index in [9.17, 15) is 25.0 Å². The van der Waals surface area contributed by atoms with Gasteiger partial charge in [-0.15, -0.1) is 0 Å². The normalized spacial score (nSPS) is 10.0. The molecule has 9 nitrogen and oxygen atoms in total. The Morgan fingerprint density at radius 1 is 0.917 bits per heavy atom. The lowest BCUT2D eigenvalue weighted by Crippen LogP contribution is -2.26. The number of hydrogen-bond donors (Lipinski definition) is 0. The predicted octanol–water partition coefficient (Wildman–Crippen LogP) is 3.80. The summed E-state index contributed by atoms with van der Waals surface area (Å²) in [6.07, 6.45) is -0.694. The van der Waals surface area contributed by atoms with E-state index in [4.69, 9.17) is 4.74 Å². The molecule has 0 atom stereocenters. The number of non-ortho nitro benzene ring substituents is 2. The number of nitrogens with zero attached hydrogens (tertiary/aromatic N) is 3. The first-order valence-electron chi connectivity index (χ1n) is 6.90. The van der Waals surface area contributed by atoms with E-state index < -0.39 is 15.9 Å². The lowest BCUT2D eigenvalue weighted by molar-refractivity contribution is -0.385. The van der Waals surface area contributed by atoms with Gasteiger partial charge in [0.15, 0.2) is 0 Å². The van der Waals surface area contributed by atoms with Crippen molar-refractivity contribution in [1.29, 1.82) is 0 Å². The molecule has 0 N–H and O–H groups in total. The zero-order valence-corrected chi connectivity index (χ0v) is 12.6. The van der Waals surface area contributed by atoms with Crippen LogP contribution in [0.1, 0.15) is 6.92 Å². The maximum absolute atomic E-state index is 12.2. The van der Waals surface area contributed by atoms with E-state index >= 15 is 0 Å². The second kappa shape index (κ2) is 7.18. The molecule has 0 aliphatic rings. The molecule has 0 aliphatic carbocycles. The molecule has 0 heterocycles. The van der Waals surface area contributed by atoms with Crippen LogP contribution in [-0.4, -0.2) is 22.5 Å². The van der Waals surface area contributed by atoms with Gasteiger partial charge in [0.25, 0.3) is 11.4 Å². The second-order valence-corrected chi connectivity index (χ2v) is 4.58. The molecule has 0 unspecified atom stereocenters. The number of rotatable bonds is 5. The molecular weight excluding hydrogens is 318 g/mol. The molecule has 2 aromatic carbocycles. The number of amides is 1. The van der Waals surface area contributed by atoms with Crippen molar-refractivity contribution < 1.29 is 19.4 Å². The average Bonchev–Trinajstić information content (AvgIpc) is 2.56. The number of nitro benzene ring substituents is 2. The van der Waals surface area contributed by atoms with E-state index in [1.54, 1.807) is 6.92 Å². The fourth-order valence-electron chi connectivity index (χ4n) is 1.99. The molecular formula is C15H13N3O6. The summed E-state index contributed by atoms with van der Waals surface area (Å²) < 4.78 is 4.99. The summed E-state index contributed by atoms with van der Waals surface area (Å²) >= 11 is 0. The van der Waals surface area contributed by atoms with Crippen LogP contribution in [-0.2, 0) is 4.74 Å². The van der Waals surface area contributed by atoms with E-state index in [2.05, 4.69) is 0 Å². The van der Waals surface area contributed by atoms with Gasteiger partial charge in [0.1, 0.15) is 0 Å². The van der Waals surface area contributed by atoms with Crippen molar-refractivity contribution >= 4 is 28.8 Å². The summed E-state index contributed by atoms with van der Waals surface area (Å²) in [4.78, 5) is 33.7. The van der Waals surface area contributed by atoms with Crippen LogP contribution >= 0.6 is 0 Å². The molecule has 0 radical (unpaired) electrons. The summed E-state index contributed by atoms with van der Waals surface area (Å²) in [7, 11) is 0. The molecule has 124 valence electrons. The van der Waals surface area contributed by atoms with Crippen LogP contribution in [0.25, 0.3) is 0 Å². The van der Waals surface area contributed by atoms with Crippen LogP contribution in [0, 0.1) is 20.2 Å². The SMILES string of the molecule is CCOC(=O)N(c1ccc([N+](=O)[O-])cc1)c1ccc([N+](=O)[O-])cc1. The van der Waals surface area contributed by atoms with E-state index in [1.165, 1.54) is 53.4 Å². The number of benzene rings is 2. The summed E-state index contributed by atoms with van der Waals surface area (Å²) in [6.45, 7) is 1.77. The Hall–Kier alpha value is -3.49. The highest BCUT2D eigenvalue weighted by Crippen LogP contribution is 2.29. The third-order valence-corrected chi connectivity index (χ3v) is 3.09. The monoisotopic (exact) mass is 331 g/mol. The smallest absolute Gasteiger partial charge is 0.418 e. The van der Waals surface area contributed by atoms with Crippen LogP contribution in [0.4, 0.5) is 27.5 Å². The maximum atomic E-state index is 12.2. The molecule has 24 heavy (non-hydrogen) atoms. The van der Waals surface area contributed by atoms with Gasteiger partial charge >= 0.3 is 6.09 Å². The van der Waals surface area contributed by atoms with E-state index in [0.717, 1.165) is 0 Å². The Bertz CT molecular complexity index is 700. The van der Waals surface area contributed by atoms with Crippen molar-refractivity contribution in [3.05, 3.63) is 68.8 Å². The predicted molar refractivity (Wildman–Crippen MR) is 85.4 cm³/mol. The van der Waals surface area contributed by atoms with Gasteiger partial charge in [0.2, 0.25) is 0 Å². The first kappa shape index (κ1) is 16.9. The van der Waals surface area contributed by atoms with Gasteiger partial charge in [-0.25, -0.2) is 9.69 Å². The second-order valence-electron chi connectivity index (χ2n) is 4.58. The highest BCUT2D eigenvalue weighted by Gasteiger charge is 2.21. The Morgan fingerprint density at radius 2 is 1.29 bits per heavy atom. The van der Waals surface area contributed by atoms with Crippen molar-refractivity contribution in [2.75, 3.05) is 11.5 Å². The molecule has 0 fully saturated rings. The first-order valence-corrected chi connectivity index (χ1v) is 6.90. The van der Waals surface area contributed by atoms with Crippen LogP contribution < -0.4 is 4.90 Å². The molecule has 0 aromatic heterocycles. The highest BCUT2D eigenvalue weighted by atomic mass is 16.6. The lowest BCUT2D eigenvalue weighted by Gasteiger charge is -2.21. The topological polar surface area (TPSA) is 116 Å². The van der Waals surface area contributed by atoms with Crippen molar-refractivity contribution in [1.82, 2.24) is 0 Å². The van der Waals surface area contributed by atoms with Gasteiger partial charge in [0, 0.05) is 24.3 Å². The zero-order chi connectivity index (χ0) is 17.7. The van der Waals surface area contributed by atoms with Gasteiger partial charge in [-0.3, -0.25) is 20.2 Å². The number of hydrogen-bond acceptors (Lipinski definition) is 6. The van der Waals surface area contributed by atoms with Crippen molar-refractivity contribution in [3.63, 3.8) is 0 Å². The van der Waals surface area contributed by atoms with Crippen molar-refractivity contribution in [2.45, 2.75) is 6.92 Å². The van der Waals surface area contributed by atoms with Gasteiger partial charge in [-0.2, -0.15) is 0 Å². The zero-order valence-electron chi connectivity index (χ0n) is 12.6. The van der Waals surface area contributed by atoms with Gasteiger partial charge in [-0.05, 0) is 31.2 Å². The number of carbonyl (C=O) groups excluding carboxylic acids is 1. The summed E-state index contributed by atoms with van der Waals surface area (Å²) in [5.41, 5.74) is 0.443.